The number of hydrogen-bond acceptors (Lipinski definition) is 2. The highest BCUT2D eigenvalue weighted by Crippen LogP contribution is 2.64. The maximum Gasteiger partial charge on any atom is 0.0180 e. The molecule has 4 aliphatic rings. The molecule has 3 atom stereocenters. The molecule has 132 valence electrons. The van der Waals surface area contributed by atoms with Crippen LogP contribution in [0, 0.1) is 16.2 Å². The summed E-state index contributed by atoms with van der Waals surface area (Å²) in [5.41, 5.74) is 2.09. The first-order chi connectivity index (χ1) is 10.5. The molecule has 0 N–H and O–H groups in total. The molecule has 2 saturated heterocycles. The van der Waals surface area contributed by atoms with E-state index in [4.69, 9.17) is 0 Å². The highest BCUT2D eigenvalue weighted by atomic mass is 15.3. The van der Waals surface area contributed by atoms with Gasteiger partial charge in [-0.25, -0.2) is 0 Å². The third-order valence-electron chi connectivity index (χ3n) is 7.51. The van der Waals surface area contributed by atoms with Crippen LogP contribution in [-0.4, -0.2) is 47.1 Å². The summed E-state index contributed by atoms with van der Waals surface area (Å²) in [6.45, 7) is 18.9. The minimum atomic E-state index is 0.308. The molecule has 4 rings (SSSR count). The molecule has 2 aliphatic heterocycles. The highest BCUT2D eigenvalue weighted by molar-refractivity contribution is 5.22. The van der Waals surface area contributed by atoms with E-state index in [2.05, 4.69) is 51.3 Å². The van der Waals surface area contributed by atoms with E-state index in [9.17, 15) is 0 Å². The Morgan fingerprint density at radius 2 is 1.52 bits per heavy atom. The number of rotatable bonds is 2. The second kappa shape index (κ2) is 4.75. The Hall–Kier alpha value is -0.0800. The second-order valence-corrected chi connectivity index (χ2v) is 11.6. The van der Waals surface area contributed by atoms with E-state index in [1.165, 1.54) is 58.2 Å². The van der Waals surface area contributed by atoms with Crippen LogP contribution in [0.15, 0.2) is 0 Å². The Morgan fingerprint density at radius 3 is 2.00 bits per heavy atom. The van der Waals surface area contributed by atoms with Gasteiger partial charge in [0, 0.05) is 42.7 Å². The van der Waals surface area contributed by atoms with E-state index in [0.29, 0.717) is 16.4 Å². The maximum absolute atomic E-state index is 2.90. The normalized spacial score (nSPS) is 40.4. The van der Waals surface area contributed by atoms with Crippen molar-refractivity contribution in [2.45, 2.75) is 97.7 Å². The predicted octanol–water partition coefficient (Wildman–Crippen LogP) is 4.54. The zero-order valence-electron chi connectivity index (χ0n) is 16.4. The van der Waals surface area contributed by atoms with Gasteiger partial charge in [0.15, 0.2) is 0 Å². The van der Waals surface area contributed by atoms with Crippen molar-refractivity contribution in [3.8, 4) is 0 Å². The lowest BCUT2D eigenvalue weighted by molar-refractivity contribution is -0.00911. The Bertz CT molecular complexity index is 469. The largest absolute Gasteiger partial charge is 0.302 e. The van der Waals surface area contributed by atoms with Crippen LogP contribution in [0.3, 0.4) is 0 Å². The summed E-state index contributed by atoms with van der Waals surface area (Å²) in [5, 5.41) is 0. The molecule has 2 heteroatoms. The average Bonchev–Trinajstić information content (AvgIpc) is 2.75. The van der Waals surface area contributed by atoms with E-state index >= 15 is 0 Å². The molecule has 0 aromatic heterocycles. The van der Waals surface area contributed by atoms with Crippen LogP contribution in [0.4, 0.5) is 0 Å². The summed E-state index contributed by atoms with van der Waals surface area (Å²) < 4.78 is 0. The molecular weight excluding hydrogens is 280 g/mol. The van der Waals surface area contributed by atoms with Crippen molar-refractivity contribution >= 4 is 0 Å². The lowest BCUT2D eigenvalue weighted by atomic mass is 9.76. The number of piperidine rings is 1. The molecular formula is C21H38N2. The molecule has 2 saturated carbocycles. The molecule has 23 heavy (non-hydrogen) atoms. The lowest BCUT2D eigenvalue weighted by Gasteiger charge is -2.49. The molecule has 0 amide bonds. The standard InChI is InChI=1S/C21H38N2/c1-18(2,3)16-11-21(12-17(21)23(16)19(4,5)6)15-22-13-20(14-22)9-7-8-10-20/h16-17H,7-15H2,1-6H3/t16-,17?,21-/m0/s1. The molecule has 2 aliphatic carbocycles. The molecule has 0 radical (unpaired) electrons. The minimum Gasteiger partial charge on any atom is -0.302 e. The van der Waals surface area contributed by atoms with Crippen LogP contribution in [0.25, 0.3) is 0 Å². The highest BCUT2D eigenvalue weighted by Gasteiger charge is 2.68. The van der Waals surface area contributed by atoms with Gasteiger partial charge in [0.1, 0.15) is 0 Å². The average molecular weight is 319 g/mol. The summed E-state index contributed by atoms with van der Waals surface area (Å²) in [6.07, 6.45) is 8.90. The van der Waals surface area contributed by atoms with Gasteiger partial charge in [0.2, 0.25) is 0 Å². The number of fused-ring (bicyclic) bond motifs is 1. The first-order valence-electron chi connectivity index (χ1n) is 10.1. The van der Waals surface area contributed by atoms with E-state index in [1.54, 1.807) is 0 Å². The Balaban J connectivity index is 1.45. The van der Waals surface area contributed by atoms with Gasteiger partial charge >= 0.3 is 0 Å². The van der Waals surface area contributed by atoms with Crippen LogP contribution in [0.1, 0.15) is 80.1 Å². The molecule has 4 fully saturated rings. The van der Waals surface area contributed by atoms with Crippen molar-refractivity contribution in [3.63, 3.8) is 0 Å². The number of hydrogen-bond donors (Lipinski definition) is 0. The summed E-state index contributed by atoms with van der Waals surface area (Å²) >= 11 is 0. The molecule has 1 spiro atoms. The summed E-state index contributed by atoms with van der Waals surface area (Å²) in [7, 11) is 0. The minimum absolute atomic E-state index is 0.308. The smallest absolute Gasteiger partial charge is 0.0180 e. The van der Waals surface area contributed by atoms with Crippen LogP contribution < -0.4 is 0 Å². The second-order valence-electron chi connectivity index (χ2n) is 11.6. The molecule has 0 bridgehead atoms. The van der Waals surface area contributed by atoms with Crippen molar-refractivity contribution in [2.75, 3.05) is 19.6 Å². The third kappa shape index (κ3) is 2.59. The fourth-order valence-electron chi connectivity index (χ4n) is 6.43. The fourth-order valence-corrected chi connectivity index (χ4v) is 6.43. The first-order valence-corrected chi connectivity index (χ1v) is 10.1. The van der Waals surface area contributed by atoms with E-state index in [1.807, 2.05) is 0 Å². The number of likely N-dealkylation sites (tertiary alicyclic amines) is 2. The topological polar surface area (TPSA) is 6.48 Å². The molecule has 0 aromatic rings. The van der Waals surface area contributed by atoms with Gasteiger partial charge in [-0.2, -0.15) is 0 Å². The first kappa shape index (κ1) is 16.4. The Kier molecular flexibility index (Phi) is 3.39. The van der Waals surface area contributed by atoms with Gasteiger partial charge in [0.05, 0.1) is 0 Å². The molecule has 1 unspecified atom stereocenters. The number of nitrogens with zero attached hydrogens (tertiary/aromatic N) is 2. The third-order valence-corrected chi connectivity index (χ3v) is 7.51. The van der Waals surface area contributed by atoms with Crippen LogP contribution in [0.5, 0.6) is 0 Å². The summed E-state index contributed by atoms with van der Waals surface area (Å²) in [5.74, 6) is 0. The molecule has 2 heterocycles. The van der Waals surface area contributed by atoms with Gasteiger partial charge < -0.3 is 4.90 Å². The van der Waals surface area contributed by atoms with E-state index in [0.717, 1.165) is 17.5 Å². The van der Waals surface area contributed by atoms with Gasteiger partial charge in [-0.3, -0.25) is 4.90 Å². The van der Waals surface area contributed by atoms with Crippen molar-refractivity contribution in [2.24, 2.45) is 16.2 Å². The summed E-state index contributed by atoms with van der Waals surface area (Å²) in [6, 6.07) is 1.61. The SMILES string of the molecule is CC(C)(C)[C@@H]1C[C@@]2(CN3CC4(CCCC4)C3)CC2N1C(C)(C)C. The zero-order valence-corrected chi connectivity index (χ0v) is 16.4. The quantitative estimate of drug-likeness (QED) is 0.737. The Labute approximate surface area is 144 Å². The van der Waals surface area contributed by atoms with E-state index < -0.39 is 0 Å². The maximum atomic E-state index is 2.90. The fraction of sp³-hybridized carbons (Fsp3) is 1.00. The zero-order chi connectivity index (χ0) is 16.7. The van der Waals surface area contributed by atoms with Crippen molar-refractivity contribution in [3.05, 3.63) is 0 Å². The van der Waals surface area contributed by atoms with Gasteiger partial charge in [0.25, 0.3) is 0 Å². The summed E-state index contributed by atoms with van der Waals surface area (Å²) in [4.78, 5) is 5.72. The Morgan fingerprint density at radius 1 is 0.913 bits per heavy atom. The van der Waals surface area contributed by atoms with Crippen LogP contribution >= 0.6 is 0 Å². The molecule has 2 nitrogen and oxygen atoms in total. The molecule has 0 aromatic carbocycles. The van der Waals surface area contributed by atoms with E-state index in [-0.39, 0.29) is 0 Å². The van der Waals surface area contributed by atoms with Crippen LogP contribution in [0.2, 0.25) is 0 Å². The lowest BCUT2D eigenvalue weighted by Crippen LogP contribution is -2.56. The van der Waals surface area contributed by atoms with Crippen molar-refractivity contribution in [1.29, 1.82) is 0 Å². The van der Waals surface area contributed by atoms with Crippen molar-refractivity contribution in [1.82, 2.24) is 9.80 Å². The van der Waals surface area contributed by atoms with Gasteiger partial charge in [-0.05, 0) is 57.3 Å². The monoisotopic (exact) mass is 318 g/mol. The van der Waals surface area contributed by atoms with Gasteiger partial charge in [-0.1, -0.05) is 33.6 Å². The van der Waals surface area contributed by atoms with Gasteiger partial charge in [-0.15, -0.1) is 0 Å². The van der Waals surface area contributed by atoms with Crippen LogP contribution in [-0.2, 0) is 0 Å². The van der Waals surface area contributed by atoms with Crippen molar-refractivity contribution < 1.29 is 0 Å². The predicted molar refractivity (Wildman–Crippen MR) is 97.6 cm³/mol.